The van der Waals surface area contributed by atoms with Gasteiger partial charge in [0.05, 0.1) is 0 Å². The fourth-order valence-corrected chi connectivity index (χ4v) is 3.12. The van der Waals surface area contributed by atoms with Crippen LogP contribution in [0.5, 0.6) is 0 Å². The highest BCUT2D eigenvalue weighted by Gasteiger charge is 2.21. The lowest BCUT2D eigenvalue weighted by Gasteiger charge is -2.30. The second-order valence-electron chi connectivity index (χ2n) is 5.99. The predicted octanol–water partition coefficient (Wildman–Crippen LogP) is 4.61. The van der Waals surface area contributed by atoms with Crippen molar-refractivity contribution < 1.29 is 0 Å². The molecular weight excluding hydrogens is 218 g/mol. The first-order valence-electron chi connectivity index (χ1n) is 7.49. The summed E-state index contributed by atoms with van der Waals surface area (Å²) < 4.78 is 0. The molecule has 0 bridgehead atoms. The van der Waals surface area contributed by atoms with Crippen LogP contribution >= 0.6 is 0 Å². The first-order chi connectivity index (χ1) is 8.66. The van der Waals surface area contributed by atoms with Gasteiger partial charge >= 0.3 is 0 Å². The Morgan fingerprint density at radius 1 is 1.00 bits per heavy atom. The zero-order chi connectivity index (χ0) is 13.0. The molecule has 2 atom stereocenters. The second-order valence-corrected chi connectivity index (χ2v) is 5.99. The van der Waals surface area contributed by atoms with Crippen LogP contribution in [0.25, 0.3) is 0 Å². The molecule has 1 unspecified atom stereocenters. The topological polar surface area (TPSA) is 12.0 Å². The predicted molar refractivity (Wildman–Crippen MR) is 78.8 cm³/mol. The van der Waals surface area contributed by atoms with Crippen molar-refractivity contribution in [3.63, 3.8) is 0 Å². The third-order valence-electron chi connectivity index (χ3n) is 4.45. The lowest BCUT2D eigenvalue weighted by atomic mass is 9.84. The summed E-state index contributed by atoms with van der Waals surface area (Å²) in [4.78, 5) is 0. The maximum absolute atomic E-state index is 3.79. The van der Waals surface area contributed by atoms with Gasteiger partial charge < -0.3 is 5.32 Å². The van der Waals surface area contributed by atoms with Gasteiger partial charge in [-0.25, -0.2) is 0 Å². The molecule has 18 heavy (non-hydrogen) atoms. The van der Waals surface area contributed by atoms with E-state index in [1.165, 1.54) is 43.2 Å². The summed E-state index contributed by atoms with van der Waals surface area (Å²) >= 11 is 0. The standard InChI is InChI=1S/C17H27N/c1-13-9-11-17(12-10-13)15(3)18-14(2)16-7-5-4-6-8-16/h9-12,14-16,18H,4-8H2,1-3H3/t14-,15?/m0/s1. The van der Waals surface area contributed by atoms with Gasteiger partial charge in [-0.15, -0.1) is 0 Å². The Kier molecular flexibility index (Phi) is 4.82. The van der Waals surface area contributed by atoms with Crippen molar-refractivity contribution in [1.29, 1.82) is 0 Å². The zero-order valence-corrected chi connectivity index (χ0v) is 12.1. The molecule has 0 spiro atoms. The van der Waals surface area contributed by atoms with Gasteiger partial charge in [0, 0.05) is 12.1 Å². The van der Waals surface area contributed by atoms with E-state index in [2.05, 4.69) is 50.4 Å². The Hall–Kier alpha value is -0.820. The van der Waals surface area contributed by atoms with Crippen molar-refractivity contribution >= 4 is 0 Å². The lowest BCUT2D eigenvalue weighted by Crippen LogP contribution is -2.36. The molecule has 1 saturated carbocycles. The molecule has 1 N–H and O–H groups in total. The maximum Gasteiger partial charge on any atom is 0.0294 e. The van der Waals surface area contributed by atoms with Crippen LogP contribution in [0.4, 0.5) is 0 Å². The van der Waals surface area contributed by atoms with E-state index in [9.17, 15) is 0 Å². The van der Waals surface area contributed by atoms with Crippen molar-refractivity contribution in [2.75, 3.05) is 0 Å². The molecule has 0 heterocycles. The Morgan fingerprint density at radius 2 is 1.61 bits per heavy atom. The second kappa shape index (κ2) is 6.38. The van der Waals surface area contributed by atoms with Crippen molar-refractivity contribution in [3.05, 3.63) is 35.4 Å². The highest BCUT2D eigenvalue weighted by Crippen LogP contribution is 2.27. The highest BCUT2D eigenvalue weighted by atomic mass is 14.9. The molecule has 1 fully saturated rings. The summed E-state index contributed by atoms with van der Waals surface area (Å²) in [6, 6.07) is 10.0. The molecule has 1 nitrogen and oxygen atoms in total. The minimum Gasteiger partial charge on any atom is -0.307 e. The van der Waals surface area contributed by atoms with Gasteiger partial charge in [0.25, 0.3) is 0 Å². The van der Waals surface area contributed by atoms with E-state index >= 15 is 0 Å². The number of rotatable bonds is 4. The molecule has 0 aliphatic heterocycles. The van der Waals surface area contributed by atoms with Gasteiger partial charge in [-0.05, 0) is 45.1 Å². The van der Waals surface area contributed by atoms with Gasteiger partial charge in [0.15, 0.2) is 0 Å². The third kappa shape index (κ3) is 3.58. The average molecular weight is 245 g/mol. The molecule has 0 aromatic heterocycles. The van der Waals surface area contributed by atoms with Gasteiger partial charge in [-0.1, -0.05) is 49.1 Å². The van der Waals surface area contributed by atoms with Gasteiger partial charge in [0.1, 0.15) is 0 Å². The molecule has 1 aromatic carbocycles. The smallest absolute Gasteiger partial charge is 0.0294 e. The van der Waals surface area contributed by atoms with E-state index in [-0.39, 0.29) is 0 Å². The fraction of sp³-hybridized carbons (Fsp3) is 0.647. The van der Waals surface area contributed by atoms with Crippen LogP contribution in [0.3, 0.4) is 0 Å². The van der Waals surface area contributed by atoms with Crippen LogP contribution in [-0.2, 0) is 0 Å². The molecule has 100 valence electrons. The summed E-state index contributed by atoms with van der Waals surface area (Å²) in [5.74, 6) is 0.881. The van der Waals surface area contributed by atoms with Crippen LogP contribution < -0.4 is 5.32 Å². The molecule has 1 aromatic rings. The number of aryl methyl sites for hydroxylation is 1. The van der Waals surface area contributed by atoms with E-state index in [0.29, 0.717) is 12.1 Å². The number of nitrogens with one attached hydrogen (secondary N) is 1. The van der Waals surface area contributed by atoms with Crippen LogP contribution in [0.1, 0.15) is 63.1 Å². The monoisotopic (exact) mass is 245 g/mol. The van der Waals surface area contributed by atoms with E-state index in [0.717, 1.165) is 5.92 Å². The molecule has 2 rings (SSSR count). The van der Waals surface area contributed by atoms with E-state index in [4.69, 9.17) is 0 Å². The van der Waals surface area contributed by atoms with Gasteiger partial charge in [0.2, 0.25) is 0 Å². The quantitative estimate of drug-likeness (QED) is 0.816. The van der Waals surface area contributed by atoms with Crippen molar-refractivity contribution in [2.24, 2.45) is 5.92 Å². The molecule has 0 radical (unpaired) electrons. The molecule has 0 saturated heterocycles. The number of benzene rings is 1. The third-order valence-corrected chi connectivity index (χ3v) is 4.45. The molecular formula is C17H27N. The van der Waals surface area contributed by atoms with Crippen LogP contribution in [0.2, 0.25) is 0 Å². The molecule has 1 heteroatoms. The number of hydrogen-bond donors (Lipinski definition) is 1. The zero-order valence-electron chi connectivity index (χ0n) is 12.1. The lowest BCUT2D eigenvalue weighted by molar-refractivity contribution is 0.268. The highest BCUT2D eigenvalue weighted by molar-refractivity contribution is 5.23. The summed E-state index contributed by atoms with van der Waals surface area (Å²) in [6.07, 6.45) is 7.12. The normalized spacial score (nSPS) is 20.6. The fourth-order valence-electron chi connectivity index (χ4n) is 3.12. The van der Waals surface area contributed by atoms with Crippen molar-refractivity contribution in [2.45, 2.75) is 65.0 Å². The Bertz CT molecular complexity index is 348. The minimum atomic E-state index is 0.461. The first kappa shape index (κ1) is 13.6. The maximum atomic E-state index is 3.79. The largest absolute Gasteiger partial charge is 0.307 e. The average Bonchev–Trinajstić information content (AvgIpc) is 2.40. The SMILES string of the molecule is Cc1ccc(C(C)N[C@@H](C)C2CCCCC2)cc1. The Morgan fingerprint density at radius 3 is 2.22 bits per heavy atom. The van der Waals surface area contributed by atoms with E-state index < -0.39 is 0 Å². The van der Waals surface area contributed by atoms with Crippen molar-refractivity contribution in [1.82, 2.24) is 5.32 Å². The van der Waals surface area contributed by atoms with E-state index in [1.54, 1.807) is 0 Å². The van der Waals surface area contributed by atoms with Crippen LogP contribution in [-0.4, -0.2) is 6.04 Å². The Balaban J connectivity index is 1.89. The van der Waals surface area contributed by atoms with Crippen LogP contribution in [0.15, 0.2) is 24.3 Å². The van der Waals surface area contributed by atoms with Gasteiger partial charge in [-0.2, -0.15) is 0 Å². The Labute approximate surface area is 112 Å². The molecule has 0 amide bonds. The number of hydrogen-bond acceptors (Lipinski definition) is 1. The molecule has 1 aliphatic carbocycles. The molecule has 1 aliphatic rings. The van der Waals surface area contributed by atoms with Gasteiger partial charge in [-0.3, -0.25) is 0 Å². The minimum absolute atomic E-state index is 0.461. The first-order valence-corrected chi connectivity index (χ1v) is 7.49. The van der Waals surface area contributed by atoms with Crippen LogP contribution in [0, 0.1) is 12.8 Å². The van der Waals surface area contributed by atoms with Crippen molar-refractivity contribution in [3.8, 4) is 0 Å². The summed E-state index contributed by atoms with van der Waals surface area (Å²) in [7, 11) is 0. The summed E-state index contributed by atoms with van der Waals surface area (Å²) in [5, 5.41) is 3.79. The van der Waals surface area contributed by atoms with E-state index in [1.807, 2.05) is 0 Å². The summed E-state index contributed by atoms with van der Waals surface area (Å²) in [5.41, 5.74) is 2.74. The summed E-state index contributed by atoms with van der Waals surface area (Å²) in [6.45, 7) is 6.79.